The third-order valence-electron chi connectivity index (χ3n) is 5.84. The summed E-state index contributed by atoms with van der Waals surface area (Å²) < 4.78 is 28.9. The van der Waals surface area contributed by atoms with Crippen LogP contribution in [0, 0.1) is 18.6 Å². The Labute approximate surface area is 201 Å². The van der Waals surface area contributed by atoms with Gasteiger partial charge in [0.1, 0.15) is 11.9 Å². The number of aryl methyl sites for hydroxylation is 1. The van der Waals surface area contributed by atoms with Crippen LogP contribution < -0.4 is 5.32 Å². The van der Waals surface area contributed by atoms with Gasteiger partial charge in [-0.3, -0.25) is 9.59 Å². The molecule has 1 aliphatic rings. The molecule has 0 saturated heterocycles. The maximum absolute atomic E-state index is 14.5. The normalized spacial score (nSPS) is 14.5. The number of carbonyl (C=O) groups excluding carboxylic acids is 2. The SMILES string of the molecule is Cc1ccc(NC(=O)C(Cc2ccccc2)N2CCC(c3c(F)ccc(Cl)c3F)=CC2=O)cc1. The fourth-order valence-electron chi connectivity index (χ4n) is 4.03. The molecule has 3 aromatic rings. The van der Waals surface area contributed by atoms with Crippen LogP contribution in [-0.4, -0.2) is 29.3 Å². The molecule has 1 N–H and O–H groups in total. The lowest BCUT2D eigenvalue weighted by Crippen LogP contribution is -2.49. The van der Waals surface area contributed by atoms with Crippen LogP contribution >= 0.6 is 11.6 Å². The fourth-order valence-corrected chi connectivity index (χ4v) is 4.18. The molecule has 34 heavy (non-hydrogen) atoms. The molecule has 0 spiro atoms. The van der Waals surface area contributed by atoms with Crippen molar-refractivity contribution < 1.29 is 18.4 Å². The molecule has 0 radical (unpaired) electrons. The third-order valence-corrected chi connectivity index (χ3v) is 6.13. The molecule has 1 atom stereocenters. The van der Waals surface area contributed by atoms with Gasteiger partial charge < -0.3 is 10.2 Å². The molecule has 174 valence electrons. The van der Waals surface area contributed by atoms with Crippen molar-refractivity contribution >= 4 is 34.7 Å². The quantitative estimate of drug-likeness (QED) is 0.454. The lowest BCUT2D eigenvalue weighted by atomic mass is 9.95. The van der Waals surface area contributed by atoms with Crippen molar-refractivity contribution in [1.29, 1.82) is 0 Å². The van der Waals surface area contributed by atoms with Crippen LogP contribution in [0.3, 0.4) is 0 Å². The average Bonchev–Trinajstić information content (AvgIpc) is 2.83. The van der Waals surface area contributed by atoms with Crippen LogP contribution in [0.5, 0.6) is 0 Å². The highest BCUT2D eigenvalue weighted by Crippen LogP contribution is 2.32. The van der Waals surface area contributed by atoms with Gasteiger partial charge >= 0.3 is 0 Å². The molecule has 0 bridgehead atoms. The van der Waals surface area contributed by atoms with Crippen molar-refractivity contribution in [3.63, 3.8) is 0 Å². The number of nitrogens with zero attached hydrogens (tertiary/aromatic N) is 1. The predicted molar refractivity (Wildman–Crippen MR) is 129 cm³/mol. The van der Waals surface area contributed by atoms with E-state index in [-0.39, 0.29) is 35.0 Å². The first-order chi connectivity index (χ1) is 16.3. The van der Waals surface area contributed by atoms with Gasteiger partial charge in [-0.05, 0) is 48.7 Å². The van der Waals surface area contributed by atoms with Crippen molar-refractivity contribution in [1.82, 2.24) is 4.90 Å². The second-order valence-corrected chi connectivity index (χ2v) is 8.64. The van der Waals surface area contributed by atoms with Crippen molar-refractivity contribution in [3.8, 4) is 0 Å². The van der Waals surface area contributed by atoms with Gasteiger partial charge in [0.15, 0.2) is 5.82 Å². The molecule has 7 heteroatoms. The lowest BCUT2D eigenvalue weighted by molar-refractivity contribution is -0.135. The number of amides is 2. The zero-order valence-electron chi connectivity index (χ0n) is 18.5. The van der Waals surface area contributed by atoms with Crippen LogP contribution in [0.4, 0.5) is 14.5 Å². The smallest absolute Gasteiger partial charge is 0.247 e. The molecule has 1 heterocycles. The fraction of sp³-hybridized carbons (Fsp3) is 0.185. The summed E-state index contributed by atoms with van der Waals surface area (Å²) in [5.74, 6) is -2.50. The van der Waals surface area contributed by atoms with Crippen LogP contribution in [0.15, 0.2) is 72.8 Å². The Kier molecular flexibility index (Phi) is 7.08. The van der Waals surface area contributed by atoms with E-state index in [0.29, 0.717) is 12.1 Å². The van der Waals surface area contributed by atoms with E-state index in [4.69, 9.17) is 11.6 Å². The van der Waals surface area contributed by atoms with E-state index in [1.807, 2.05) is 49.4 Å². The number of rotatable bonds is 6. The Morgan fingerprint density at radius 3 is 2.44 bits per heavy atom. The van der Waals surface area contributed by atoms with Gasteiger partial charge in [0, 0.05) is 24.7 Å². The molecular weight excluding hydrogens is 458 g/mol. The molecule has 2 amide bonds. The third kappa shape index (κ3) is 5.18. The Balaban J connectivity index is 1.62. The summed E-state index contributed by atoms with van der Waals surface area (Å²) in [6.07, 6.45) is 1.68. The first-order valence-corrected chi connectivity index (χ1v) is 11.3. The van der Waals surface area contributed by atoms with E-state index in [1.165, 1.54) is 11.0 Å². The number of hydrogen-bond donors (Lipinski definition) is 1. The van der Waals surface area contributed by atoms with Gasteiger partial charge in [-0.15, -0.1) is 0 Å². The first kappa shape index (κ1) is 23.6. The van der Waals surface area contributed by atoms with Crippen LogP contribution in [0.25, 0.3) is 5.57 Å². The molecule has 1 unspecified atom stereocenters. The predicted octanol–water partition coefficient (Wildman–Crippen LogP) is 5.79. The molecule has 3 aromatic carbocycles. The number of benzene rings is 3. The highest BCUT2D eigenvalue weighted by Gasteiger charge is 2.33. The Morgan fingerprint density at radius 2 is 1.76 bits per heavy atom. The van der Waals surface area contributed by atoms with Crippen LogP contribution in [0.2, 0.25) is 5.02 Å². The van der Waals surface area contributed by atoms with Crippen molar-refractivity contribution in [2.75, 3.05) is 11.9 Å². The number of nitrogens with one attached hydrogen (secondary N) is 1. The zero-order valence-corrected chi connectivity index (χ0v) is 19.3. The van der Waals surface area contributed by atoms with E-state index in [9.17, 15) is 18.4 Å². The molecular formula is C27H23ClF2N2O2. The maximum Gasteiger partial charge on any atom is 0.247 e. The topological polar surface area (TPSA) is 49.4 Å². The Hall–Kier alpha value is -3.51. The standard InChI is InChI=1S/C27H23ClF2N2O2/c1-17-7-9-20(10-8-17)31-27(34)23(15-18-5-3-2-4-6-18)32-14-13-19(16-24(32)33)25-22(29)12-11-21(28)26(25)30/h2-12,16,23H,13-15H2,1H3,(H,31,34). The number of anilines is 1. The molecule has 0 aliphatic carbocycles. The van der Waals surface area contributed by atoms with Gasteiger partial charge in [-0.2, -0.15) is 0 Å². The second-order valence-electron chi connectivity index (χ2n) is 8.23. The van der Waals surface area contributed by atoms with Gasteiger partial charge in [-0.1, -0.05) is 59.6 Å². The molecule has 0 fully saturated rings. The summed E-state index contributed by atoms with van der Waals surface area (Å²) in [6.45, 7) is 2.08. The summed E-state index contributed by atoms with van der Waals surface area (Å²) in [6, 6.07) is 18.2. The van der Waals surface area contributed by atoms with E-state index in [2.05, 4.69) is 5.32 Å². The first-order valence-electron chi connectivity index (χ1n) is 10.9. The minimum atomic E-state index is -0.896. The van der Waals surface area contributed by atoms with Crippen LogP contribution in [-0.2, 0) is 16.0 Å². The van der Waals surface area contributed by atoms with Crippen molar-refractivity contribution in [2.24, 2.45) is 0 Å². The minimum Gasteiger partial charge on any atom is -0.326 e. The second kappa shape index (κ2) is 10.2. The largest absolute Gasteiger partial charge is 0.326 e. The maximum atomic E-state index is 14.5. The van der Waals surface area contributed by atoms with Gasteiger partial charge in [0.25, 0.3) is 0 Å². The molecule has 1 aliphatic heterocycles. The average molecular weight is 481 g/mol. The van der Waals surface area contributed by atoms with Gasteiger partial charge in [0.2, 0.25) is 11.8 Å². The van der Waals surface area contributed by atoms with Crippen LogP contribution in [0.1, 0.15) is 23.1 Å². The molecule has 0 saturated carbocycles. The van der Waals surface area contributed by atoms with Gasteiger partial charge in [-0.25, -0.2) is 8.78 Å². The van der Waals surface area contributed by atoms with Gasteiger partial charge in [0.05, 0.1) is 10.6 Å². The number of carbonyl (C=O) groups is 2. The highest BCUT2D eigenvalue weighted by molar-refractivity contribution is 6.31. The minimum absolute atomic E-state index is 0.134. The summed E-state index contributed by atoms with van der Waals surface area (Å²) in [7, 11) is 0. The van der Waals surface area contributed by atoms with E-state index < -0.39 is 23.6 Å². The summed E-state index contributed by atoms with van der Waals surface area (Å²) in [4.78, 5) is 27.8. The van der Waals surface area contributed by atoms with E-state index in [1.54, 1.807) is 12.1 Å². The lowest BCUT2D eigenvalue weighted by Gasteiger charge is -2.33. The molecule has 4 rings (SSSR count). The monoisotopic (exact) mass is 480 g/mol. The van der Waals surface area contributed by atoms with Crippen molar-refractivity contribution in [3.05, 3.63) is 106 Å². The Morgan fingerprint density at radius 1 is 1.06 bits per heavy atom. The summed E-state index contributed by atoms with van der Waals surface area (Å²) in [5, 5.41) is 2.67. The molecule has 0 aromatic heterocycles. The van der Waals surface area contributed by atoms with E-state index >= 15 is 0 Å². The van der Waals surface area contributed by atoms with E-state index in [0.717, 1.165) is 23.3 Å². The number of halogens is 3. The Bertz CT molecular complexity index is 1240. The highest BCUT2D eigenvalue weighted by atomic mass is 35.5. The zero-order chi connectivity index (χ0) is 24.2. The summed E-state index contributed by atoms with van der Waals surface area (Å²) in [5.41, 5.74) is 2.49. The number of hydrogen-bond acceptors (Lipinski definition) is 2. The summed E-state index contributed by atoms with van der Waals surface area (Å²) >= 11 is 5.82. The van der Waals surface area contributed by atoms with Crippen molar-refractivity contribution in [2.45, 2.75) is 25.8 Å². The molecule has 4 nitrogen and oxygen atoms in total.